The van der Waals surface area contributed by atoms with E-state index in [2.05, 4.69) is 0 Å². The number of aliphatic carboxylic acids is 2. The predicted octanol–water partition coefficient (Wildman–Crippen LogP) is 2.48. The lowest BCUT2D eigenvalue weighted by Gasteiger charge is -1.80. The predicted molar refractivity (Wildman–Crippen MR) is 70.9 cm³/mol. The fourth-order valence-electron chi connectivity index (χ4n) is 0.415. The lowest BCUT2D eigenvalue weighted by molar-refractivity contribution is -0.137. The summed E-state index contributed by atoms with van der Waals surface area (Å²) in [5.74, 6) is -1.49. The summed E-state index contributed by atoms with van der Waals surface area (Å²) in [6.45, 7) is 3.20. The molecule has 0 spiro atoms. The molecule has 0 unspecified atom stereocenters. The maximum absolute atomic E-state index is 9.37. The third-order valence-electron chi connectivity index (χ3n) is 1.34. The molecule has 5 nitrogen and oxygen atoms in total. The molecule has 0 heterocycles. The molecule has 0 saturated carbocycles. The molecule has 0 amide bonds. The molecule has 18 heavy (non-hydrogen) atoms. The SMILES string of the molecule is CCC(=O)O.CCC(=O)O.Clc1ccccc1.O. The van der Waals surface area contributed by atoms with Crippen molar-refractivity contribution in [3.8, 4) is 0 Å². The van der Waals surface area contributed by atoms with Crippen molar-refractivity contribution in [1.29, 1.82) is 0 Å². The summed E-state index contributed by atoms with van der Waals surface area (Å²) in [4.78, 5) is 18.7. The lowest BCUT2D eigenvalue weighted by Crippen LogP contribution is -1.86. The van der Waals surface area contributed by atoms with E-state index in [0.29, 0.717) is 0 Å². The van der Waals surface area contributed by atoms with Gasteiger partial charge in [-0.1, -0.05) is 43.6 Å². The van der Waals surface area contributed by atoms with Crippen LogP contribution in [0.2, 0.25) is 5.02 Å². The van der Waals surface area contributed by atoms with Gasteiger partial charge in [-0.15, -0.1) is 0 Å². The minimum atomic E-state index is -0.745. The minimum absolute atomic E-state index is 0. The summed E-state index contributed by atoms with van der Waals surface area (Å²) in [5.41, 5.74) is 0. The van der Waals surface area contributed by atoms with E-state index >= 15 is 0 Å². The number of carboxylic acid groups (broad SMARTS) is 2. The zero-order chi connectivity index (χ0) is 13.7. The van der Waals surface area contributed by atoms with Gasteiger partial charge in [0.15, 0.2) is 0 Å². The van der Waals surface area contributed by atoms with Crippen molar-refractivity contribution in [1.82, 2.24) is 0 Å². The summed E-state index contributed by atoms with van der Waals surface area (Å²) in [7, 11) is 0. The zero-order valence-electron chi connectivity index (χ0n) is 10.4. The summed E-state index contributed by atoms with van der Waals surface area (Å²) in [5, 5.41) is 16.2. The maximum Gasteiger partial charge on any atom is 0.303 e. The molecule has 1 aromatic carbocycles. The molecular formula is C12H19ClO5. The van der Waals surface area contributed by atoms with Crippen molar-refractivity contribution in [3.05, 3.63) is 35.4 Å². The van der Waals surface area contributed by atoms with Crippen molar-refractivity contribution in [2.75, 3.05) is 0 Å². The van der Waals surface area contributed by atoms with Crippen LogP contribution >= 0.6 is 11.6 Å². The molecule has 0 radical (unpaired) electrons. The Bertz CT molecular complexity index is 300. The van der Waals surface area contributed by atoms with Crippen LogP contribution in [0.4, 0.5) is 0 Å². The van der Waals surface area contributed by atoms with Crippen molar-refractivity contribution in [2.45, 2.75) is 26.7 Å². The third kappa shape index (κ3) is 23.9. The Morgan fingerprint density at radius 3 is 1.39 bits per heavy atom. The molecule has 4 N–H and O–H groups in total. The van der Waals surface area contributed by atoms with Crippen LogP contribution in [0.1, 0.15) is 26.7 Å². The average molecular weight is 279 g/mol. The topological polar surface area (TPSA) is 106 Å². The molecule has 0 atom stereocenters. The van der Waals surface area contributed by atoms with Gasteiger partial charge in [0.05, 0.1) is 0 Å². The monoisotopic (exact) mass is 278 g/mol. The molecule has 0 saturated heterocycles. The van der Waals surface area contributed by atoms with Gasteiger partial charge in [0.25, 0.3) is 0 Å². The number of rotatable bonds is 2. The van der Waals surface area contributed by atoms with Gasteiger partial charge in [-0.3, -0.25) is 9.59 Å². The van der Waals surface area contributed by atoms with Gasteiger partial charge in [0.2, 0.25) is 0 Å². The Morgan fingerprint density at radius 2 is 1.28 bits per heavy atom. The highest BCUT2D eigenvalue weighted by atomic mass is 35.5. The second kappa shape index (κ2) is 15.4. The number of carbonyl (C=O) groups is 2. The normalized spacial score (nSPS) is 7.50. The van der Waals surface area contributed by atoms with Gasteiger partial charge < -0.3 is 15.7 Å². The second-order valence-electron chi connectivity index (χ2n) is 2.79. The van der Waals surface area contributed by atoms with Gasteiger partial charge in [-0.2, -0.15) is 0 Å². The molecule has 0 bridgehead atoms. The molecule has 1 aromatic rings. The van der Waals surface area contributed by atoms with Crippen LogP contribution < -0.4 is 0 Å². The minimum Gasteiger partial charge on any atom is -0.481 e. The highest BCUT2D eigenvalue weighted by Crippen LogP contribution is 2.03. The second-order valence-corrected chi connectivity index (χ2v) is 3.23. The molecular weight excluding hydrogens is 260 g/mol. The molecule has 0 aliphatic heterocycles. The van der Waals surface area contributed by atoms with Gasteiger partial charge in [-0.25, -0.2) is 0 Å². The molecule has 0 aromatic heterocycles. The quantitative estimate of drug-likeness (QED) is 0.866. The van der Waals surface area contributed by atoms with E-state index in [1.807, 2.05) is 30.3 Å². The fourth-order valence-corrected chi connectivity index (χ4v) is 0.560. The highest BCUT2D eigenvalue weighted by Gasteiger charge is 1.81. The van der Waals surface area contributed by atoms with Crippen molar-refractivity contribution < 1.29 is 25.3 Å². The first-order chi connectivity index (χ1) is 7.93. The zero-order valence-corrected chi connectivity index (χ0v) is 11.1. The van der Waals surface area contributed by atoms with Crippen molar-refractivity contribution in [2.24, 2.45) is 0 Å². The van der Waals surface area contributed by atoms with Crippen LogP contribution in [0.5, 0.6) is 0 Å². The fraction of sp³-hybridized carbons (Fsp3) is 0.333. The number of benzene rings is 1. The van der Waals surface area contributed by atoms with Crippen LogP contribution in [-0.2, 0) is 9.59 Å². The molecule has 0 aliphatic carbocycles. The van der Waals surface area contributed by atoms with Crippen LogP contribution in [-0.4, -0.2) is 27.6 Å². The summed E-state index contributed by atoms with van der Waals surface area (Å²) < 4.78 is 0. The lowest BCUT2D eigenvalue weighted by atomic mass is 10.4. The van der Waals surface area contributed by atoms with E-state index in [9.17, 15) is 9.59 Å². The van der Waals surface area contributed by atoms with Crippen LogP contribution in [0.15, 0.2) is 30.3 Å². The van der Waals surface area contributed by atoms with Gasteiger partial charge >= 0.3 is 11.9 Å². The molecule has 6 heteroatoms. The van der Waals surface area contributed by atoms with Crippen molar-refractivity contribution in [3.63, 3.8) is 0 Å². The molecule has 1 rings (SSSR count). The van der Waals surface area contributed by atoms with E-state index in [-0.39, 0.29) is 18.3 Å². The highest BCUT2D eigenvalue weighted by molar-refractivity contribution is 6.30. The number of hydrogen-bond donors (Lipinski definition) is 2. The Morgan fingerprint density at radius 1 is 1.00 bits per heavy atom. The number of carboxylic acids is 2. The smallest absolute Gasteiger partial charge is 0.303 e. The Kier molecular flexibility index (Phi) is 18.6. The number of halogens is 1. The average Bonchev–Trinajstić information content (AvgIpc) is 2.31. The summed E-state index contributed by atoms with van der Waals surface area (Å²) >= 11 is 5.54. The Balaban J connectivity index is -0.000000188. The van der Waals surface area contributed by atoms with E-state index in [0.717, 1.165) is 5.02 Å². The van der Waals surface area contributed by atoms with Crippen LogP contribution in [0.3, 0.4) is 0 Å². The van der Waals surface area contributed by atoms with E-state index < -0.39 is 11.9 Å². The first-order valence-corrected chi connectivity index (χ1v) is 5.45. The maximum atomic E-state index is 9.37. The van der Waals surface area contributed by atoms with E-state index in [4.69, 9.17) is 21.8 Å². The van der Waals surface area contributed by atoms with E-state index in [1.54, 1.807) is 13.8 Å². The molecule has 0 fully saturated rings. The standard InChI is InChI=1S/C6H5Cl.2C3H6O2.H2O/c7-6-4-2-1-3-5-6;2*1-2-3(4)5;/h1-5H;2*2H2,1H3,(H,4,5);1H2. The Hall–Kier alpha value is -1.59. The summed E-state index contributed by atoms with van der Waals surface area (Å²) in [6.07, 6.45) is 0.444. The third-order valence-corrected chi connectivity index (χ3v) is 1.59. The van der Waals surface area contributed by atoms with Crippen LogP contribution in [0.25, 0.3) is 0 Å². The molecule has 104 valence electrons. The molecule has 0 aliphatic rings. The largest absolute Gasteiger partial charge is 0.481 e. The van der Waals surface area contributed by atoms with Gasteiger partial charge in [-0.05, 0) is 12.1 Å². The first-order valence-electron chi connectivity index (χ1n) is 5.08. The van der Waals surface area contributed by atoms with Crippen LogP contribution in [0, 0.1) is 0 Å². The van der Waals surface area contributed by atoms with Gasteiger partial charge in [0, 0.05) is 17.9 Å². The summed E-state index contributed by atoms with van der Waals surface area (Å²) in [6, 6.07) is 9.44. The Labute approximate surface area is 111 Å². The number of hydrogen-bond acceptors (Lipinski definition) is 2. The van der Waals surface area contributed by atoms with Gasteiger partial charge in [0.1, 0.15) is 0 Å². The van der Waals surface area contributed by atoms with Crippen molar-refractivity contribution >= 4 is 23.5 Å². The van der Waals surface area contributed by atoms with E-state index in [1.165, 1.54) is 0 Å². The first kappa shape index (κ1) is 21.7.